The van der Waals surface area contributed by atoms with Crippen LogP contribution < -0.4 is 10.5 Å². The molecule has 4 heteroatoms. The zero-order valence-corrected chi connectivity index (χ0v) is 12.1. The van der Waals surface area contributed by atoms with Gasteiger partial charge in [-0.3, -0.25) is 0 Å². The molecule has 0 aliphatic heterocycles. The number of methoxy groups -OCH3 is 1. The summed E-state index contributed by atoms with van der Waals surface area (Å²) >= 11 is 7.85. The number of rotatable bonds is 6. The van der Waals surface area contributed by atoms with E-state index in [2.05, 4.69) is 13.8 Å². The van der Waals surface area contributed by atoms with Gasteiger partial charge in [0.25, 0.3) is 0 Å². The fourth-order valence-electron chi connectivity index (χ4n) is 1.52. The maximum absolute atomic E-state index is 6.17. The monoisotopic (exact) mass is 273 g/mol. The Kier molecular flexibility index (Phi) is 6.17. The molecule has 1 aromatic carbocycles. The Morgan fingerprint density at radius 2 is 2.06 bits per heavy atom. The van der Waals surface area contributed by atoms with Crippen LogP contribution in [0, 0.1) is 5.92 Å². The van der Waals surface area contributed by atoms with Crippen molar-refractivity contribution in [3.8, 4) is 5.75 Å². The Morgan fingerprint density at radius 1 is 1.35 bits per heavy atom. The smallest absolute Gasteiger partial charge is 0.123 e. The van der Waals surface area contributed by atoms with Crippen molar-refractivity contribution in [2.75, 3.05) is 18.6 Å². The van der Waals surface area contributed by atoms with E-state index < -0.39 is 0 Å². The van der Waals surface area contributed by atoms with E-state index in [-0.39, 0.29) is 6.04 Å². The average molecular weight is 274 g/mol. The van der Waals surface area contributed by atoms with Crippen LogP contribution in [0.3, 0.4) is 0 Å². The molecule has 2 nitrogen and oxygen atoms in total. The van der Waals surface area contributed by atoms with Gasteiger partial charge in [0, 0.05) is 22.4 Å². The molecule has 0 amide bonds. The van der Waals surface area contributed by atoms with E-state index in [0.717, 1.165) is 22.8 Å². The van der Waals surface area contributed by atoms with Crippen LogP contribution in [0.5, 0.6) is 5.75 Å². The molecular weight excluding hydrogens is 254 g/mol. The lowest BCUT2D eigenvalue weighted by Crippen LogP contribution is -2.15. The molecule has 0 radical (unpaired) electrons. The standard InChI is InChI=1S/C13H20ClNOS/c1-9(2)7-17-8-12(15)11-6-10(14)4-5-13(11)16-3/h4-6,9,12H,7-8,15H2,1-3H3. The van der Waals surface area contributed by atoms with Crippen LogP contribution in [0.1, 0.15) is 25.5 Å². The molecule has 0 saturated carbocycles. The summed E-state index contributed by atoms with van der Waals surface area (Å²) in [4.78, 5) is 0. The molecule has 0 heterocycles. The van der Waals surface area contributed by atoms with E-state index in [9.17, 15) is 0 Å². The summed E-state index contributed by atoms with van der Waals surface area (Å²) in [6, 6.07) is 5.54. The maximum Gasteiger partial charge on any atom is 0.123 e. The minimum Gasteiger partial charge on any atom is -0.496 e. The van der Waals surface area contributed by atoms with E-state index in [1.807, 2.05) is 30.0 Å². The molecule has 2 N–H and O–H groups in total. The first-order valence-electron chi connectivity index (χ1n) is 5.71. The Labute approximate surface area is 113 Å². The molecule has 0 spiro atoms. The number of hydrogen-bond donors (Lipinski definition) is 1. The second-order valence-corrected chi connectivity index (χ2v) is 5.94. The molecule has 0 aromatic heterocycles. The highest BCUT2D eigenvalue weighted by atomic mass is 35.5. The normalized spacial score (nSPS) is 12.8. The Bertz CT molecular complexity index is 357. The maximum atomic E-state index is 6.17. The third-order valence-corrected chi connectivity index (χ3v) is 4.07. The molecule has 1 atom stereocenters. The van der Waals surface area contributed by atoms with Gasteiger partial charge in [-0.25, -0.2) is 0 Å². The predicted molar refractivity (Wildman–Crippen MR) is 77.1 cm³/mol. The van der Waals surface area contributed by atoms with Crippen LogP contribution in [0.25, 0.3) is 0 Å². The van der Waals surface area contributed by atoms with Crippen molar-refractivity contribution in [3.63, 3.8) is 0 Å². The van der Waals surface area contributed by atoms with Crippen molar-refractivity contribution >= 4 is 23.4 Å². The van der Waals surface area contributed by atoms with E-state index >= 15 is 0 Å². The van der Waals surface area contributed by atoms with Gasteiger partial charge in [0.05, 0.1) is 7.11 Å². The molecule has 0 fully saturated rings. The number of nitrogens with two attached hydrogens (primary N) is 1. The van der Waals surface area contributed by atoms with Crippen LogP contribution >= 0.6 is 23.4 Å². The van der Waals surface area contributed by atoms with E-state index in [1.165, 1.54) is 0 Å². The lowest BCUT2D eigenvalue weighted by Gasteiger charge is -2.16. The van der Waals surface area contributed by atoms with Gasteiger partial charge in [-0.15, -0.1) is 0 Å². The van der Waals surface area contributed by atoms with E-state index in [0.29, 0.717) is 10.9 Å². The summed E-state index contributed by atoms with van der Waals surface area (Å²) in [5.41, 5.74) is 7.15. The molecule has 0 bridgehead atoms. The van der Waals surface area contributed by atoms with Crippen LogP contribution in [0.15, 0.2) is 18.2 Å². The average Bonchev–Trinajstić information content (AvgIpc) is 2.28. The summed E-state index contributed by atoms with van der Waals surface area (Å²) < 4.78 is 5.30. The lowest BCUT2D eigenvalue weighted by atomic mass is 10.1. The fourth-order valence-corrected chi connectivity index (χ4v) is 2.74. The first kappa shape index (κ1) is 14.7. The van der Waals surface area contributed by atoms with Crippen molar-refractivity contribution in [3.05, 3.63) is 28.8 Å². The van der Waals surface area contributed by atoms with Crippen molar-refractivity contribution in [1.29, 1.82) is 0 Å². The van der Waals surface area contributed by atoms with E-state index in [1.54, 1.807) is 7.11 Å². The first-order valence-corrected chi connectivity index (χ1v) is 7.24. The van der Waals surface area contributed by atoms with Gasteiger partial charge >= 0.3 is 0 Å². The SMILES string of the molecule is COc1ccc(Cl)cc1C(N)CSCC(C)C. The highest BCUT2D eigenvalue weighted by Crippen LogP contribution is 2.29. The third kappa shape index (κ3) is 4.78. The topological polar surface area (TPSA) is 35.2 Å². The van der Waals surface area contributed by atoms with Gasteiger partial charge in [-0.1, -0.05) is 25.4 Å². The van der Waals surface area contributed by atoms with Crippen molar-refractivity contribution in [1.82, 2.24) is 0 Å². The van der Waals surface area contributed by atoms with Gasteiger partial charge in [0.2, 0.25) is 0 Å². The zero-order valence-electron chi connectivity index (χ0n) is 10.6. The fraction of sp³-hybridized carbons (Fsp3) is 0.538. The number of halogens is 1. The third-order valence-electron chi connectivity index (χ3n) is 2.34. The van der Waals surface area contributed by atoms with Crippen molar-refractivity contribution < 1.29 is 4.74 Å². The van der Waals surface area contributed by atoms with Gasteiger partial charge in [-0.2, -0.15) is 11.8 Å². The first-order chi connectivity index (χ1) is 8.04. The highest BCUT2D eigenvalue weighted by molar-refractivity contribution is 7.99. The quantitative estimate of drug-likeness (QED) is 0.858. The van der Waals surface area contributed by atoms with Gasteiger partial charge < -0.3 is 10.5 Å². The van der Waals surface area contributed by atoms with Crippen molar-refractivity contribution in [2.45, 2.75) is 19.9 Å². The van der Waals surface area contributed by atoms with Crippen molar-refractivity contribution in [2.24, 2.45) is 11.7 Å². The predicted octanol–water partition coefficient (Wildman–Crippen LogP) is 3.74. The van der Waals surface area contributed by atoms with Crippen LogP contribution in [0.4, 0.5) is 0 Å². The number of hydrogen-bond acceptors (Lipinski definition) is 3. The Morgan fingerprint density at radius 3 is 2.65 bits per heavy atom. The van der Waals surface area contributed by atoms with Crippen LogP contribution in [-0.4, -0.2) is 18.6 Å². The Balaban J connectivity index is 2.66. The molecule has 1 unspecified atom stereocenters. The second kappa shape index (κ2) is 7.14. The Hall–Kier alpha value is -0.380. The summed E-state index contributed by atoms with van der Waals surface area (Å²) in [6.07, 6.45) is 0. The van der Waals surface area contributed by atoms with E-state index in [4.69, 9.17) is 22.1 Å². The summed E-state index contributed by atoms with van der Waals surface area (Å²) in [6.45, 7) is 4.41. The molecule has 1 rings (SSSR count). The molecule has 1 aromatic rings. The summed E-state index contributed by atoms with van der Waals surface area (Å²) in [5.74, 6) is 3.51. The minimum atomic E-state index is -0.0348. The molecule has 0 saturated heterocycles. The largest absolute Gasteiger partial charge is 0.496 e. The zero-order chi connectivity index (χ0) is 12.8. The minimum absolute atomic E-state index is 0.0348. The van der Waals surface area contributed by atoms with Gasteiger partial charge in [0.15, 0.2) is 0 Å². The molecule has 17 heavy (non-hydrogen) atoms. The molecule has 0 aliphatic carbocycles. The summed E-state index contributed by atoms with van der Waals surface area (Å²) in [5, 5.41) is 0.699. The highest BCUT2D eigenvalue weighted by Gasteiger charge is 2.12. The number of thioether (sulfide) groups is 1. The number of benzene rings is 1. The molecule has 0 aliphatic rings. The number of ether oxygens (including phenoxy) is 1. The van der Waals surface area contributed by atoms with Gasteiger partial charge in [0.1, 0.15) is 5.75 Å². The second-order valence-electron chi connectivity index (χ2n) is 4.42. The lowest BCUT2D eigenvalue weighted by molar-refractivity contribution is 0.407. The molecule has 96 valence electrons. The molecular formula is C13H20ClNOS. The van der Waals surface area contributed by atoms with Gasteiger partial charge in [-0.05, 0) is 29.9 Å². The van der Waals surface area contributed by atoms with Crippen LogP contribution in [-0.2, 0) is 0 Å². The van der Waals surface area contributed by atoms with Crippen LogP contribution in [0.2, 0.25) is 5.02 Å². The summed E-state index contributed by atoms with van der Waals surface area (Å²) in [7, 11) is 1.65.